The first-order valence-corrected chi connectivity index (χ1v) is 5.35. The summed E-state index contributed by atoms with van der Waals surface area (Å²) in [5.74, 6) is -0.257. The highest BCUT2D eigenvalue weighted by molar-refractivity contribution is 5.84. The van der Waals surface area contributed by atoms with Crippen molar-refractivity contribution in [2.75, 3.05) is 0 Å². The molecule has 90 valence electrons. The van der Waals surface area contributed by atoms with Crippen LogP contribution < -0.4 is 10.6 Å². The Balaban J connectivity index is 2.63. The highest BCUT2D eigenvalue weighted by atomic mass is 16.2. The van der Waals surface area contributed by atoms with Crippen molar-refractivity contribution in [1.29, 1.82) is 0 Å². The van der Waals surface area contributed by atoms with Gasteiger partial charge in [-0.1, -0.05) is 30.3 Å². The van der Waals surface area contributed by atoms with Gasteiger partial charge in [0.25, 0.3) is 0 Å². The van der Waals surface area contributed by atoms with Gasteiger partial charge in [0.2, 0.25) is 5.91 Å². The minimum Gasteiger partial charge on any atom is -0.383 e. The van der Waals surface area contributed by atoms with E-state index in [-0.39, 0.29) is 11.6 Å². The predicted molar refractivity (Wildman–Crippen MR) is 65.9 cm³/mol. The summed E-state index contributed by atoms with van der Waals surface area (Å²) in [6.45, 7) is 3.74. The monoisotopic (exact) mass is 232 g/mol. The van der Waals surface area contributed by atoms with Crippen molar-refractivity contribution in [3.63, 3.8) is 0 Å². The molecule has 0 saturated heterocycles. The van der Waals surface area contributed by atoms with Crippen LogP contribution in [-0.4, -0.2) is 12.2 Å². The molecule has 0 aliphatic rings. The molecule has 0 heterocycles. The largest absolute Gasteiger partial charge is 0.383 e. The lowest BCUT2D eigenvalue weighted by atomic mass is 10.2. The van der Waals surface area contributed by atoms with Crippen molar-refractivity contribution in [2.24, 2.45) is 0 Å². The second-order valence-corrected chi connectivity index (χ2v) is 3.68. The van der Waals surface area contributed by atoms with E-state index in [1.807, 2.05) is 30.3 Å². The Kier molecular flexibility index (Phi) is 4.94. The molecular weight excluding hydrogens is 216 g/mol. The molecule has 0 radical (unpaired) electrons. The third kappa shape index (κ3) is 4.51. The average molecular weight is 232 g/mol. The van der Waals surface area contributed by atoms with E-state index in [1.54, 1.807) is 6.92 Å². The van der Waals surface area contributed by atoms with Gasteiger partial charge in [-0.05, 0) is 12.5 Å². The predicted octanol–water partition coefficient (Wildman–Crippen LogP) is 1.34. The fourth-order valence-corrected chi connectivity index (χ4v) is 1.33. The summed E-state index contributed by atoms with van der Waals surface area (Å²) < 4.78 is 0. The van der Waals surface area contributed by atoms with Crippen LogP contribution in [0.25, 0.3) is 0 Å². The van der Waals surface area contributed by atoms with E-state index in [0.29, 0.717) is 18.5 Å². The summed E-state index contributed by atoms with van der Waals surface area (Å²) >= 11 is 0. The molecule has 17 heavy (non-hydrogen) atoms. The minimum atomic E-state index is -0.257. The van der Waals surface area contributed by atoms with E-state index in [2.05, 4.69) is 10.6 Å². The van der Waals surface area contributed by atoms with Crippen molar-refractivity contribution >= 4 is 12.2 Å². The number of nitrogens with one attached hydrogen (secondary N) is 2. The second kappa shape index (κ2) is 6.48. The Labute approximate surface area is 101 Å². The molecule has 1 rings (SSSR count). The van der Waals surface area contributed by atoms with Crippen LogP contribution >= 0.6 is 0 Å². The lowest BCUT2D eigenvalue weighted by Crippen LogP contribution is -2.25. The quantitative estimate of drug-likeness (QED) is 0.595. The van der Waals surface area contributed by atoms with E-state index in [1.165, 1.54) is 6.92 Å². The summed E-state index contributed by atoms with van der Waals surface area (Å²) in [5.41, 5.74) is 2.03. The van der Waals surface area contributed by atoms with Crippen LogP contribution in [0.3, 0.4) is 0 Å². The van der Waals surface area contributed by atoms with Crippen molar-refractivity contribution in [2.45, 2.75) is 20.4 Å². The first-order chi connectivity index (χ1) is 8.13. The molecule has 0 bridgehead atoms. The molecule has 0 unspecified atom stereocenters. The smallest absolute Gasteiger partial charge is 0.221 e. The first kappa shape index (κ1) is 13.0. The van der Waals surface area contributed by atoms with Gasteiger partial charge in [0.15, 0.2) is 6.29 Å². The van der Waals surface area contributed by atoms with Crippen LogP contribution in [0.2, 0.25) is 0 Å². The number of allylic oxidation sites excluding steroid dienone is 2. The summed E-state index contributed by atoms with van der Waals surface area (Å²) in [7, 11) is 0. The summed E-state index contributed by atoms with van der Waals surface area (Å²) in [4.78, 5) is 21.6. The first-order valence-electron chi connectivity index (χ1n) is 5.35. The Bertz CT molecular complexity index is 424. The molecule has 0 aliphatic carbocycles. The summed E-state index contributed by atoms with van der Waals surface area (Å²) in [6.07, 6.45) is 0.634. The molecule has 1 amide bonds. The topological polar surface area (TPSA) is 58.2 Å². The Hall–Kier alpha value is -2.10. The number of carbonyl (C=O) groups excluding carboxylic acids is 2. The molecule has 1 aromatic carbocycles. The Morgan fingerprint density at radius 3 is 2.41 bits per heavy atom. The second-order valence-electron chi connectivity index (χ2n) is 3.68. The van der Waals surface area contributed by atoms with Gasteiger partial charge in [-0.15, -0.1) is 0 Å². The van der Waals surface area contributed by atoms with Gasteiger partial charge in [0.1, 0.15) is 0 Å². The molecule has 0 aromatic heterocycles. The highest BCUT2D eigenvalue weighted by Crippen LogP contribution is 2.00. The van der Waals surface area contributed by atoms with Gasteiger partial charge in [0, 0.05) is 19.2 Å². The van der Waals surface area contributed by atoms with Gasteiger partial charge >= 0.3 is 0 Å². The number of hydrogen-bond donors (Lipinski definition) is 2. The fourth-order valence-electron chi connectivity index (χ4n) is 1.33. The number of benzene rings is 1. The van der Waals surface area contributed by atoms with Crippen LogP contribution in [0.1, 0.15) is 19.4 Å². The molecular formula is C13H16N2O2. The van der Waals surface area contributed by atoms with Gasteiger partial charge in [-0.3, -0.25) is 9.59 Å². The lowest BCUT2D eigenvalue weighted by Gasteiger charge is -2.10. The van der Waals surface area contributed by atoms with Crippen LogP contribution in [0.15, 0.2) is 41.7 Å². The van der Waals surface area contributed by atoms with Gasteiger partial charge in [-0.25, -0.2) is 0 Å². The van der Waals surface area contributed by atoms with Crippen molar-refractivity contribution in [3.05, 3.63) is 47.3 Å². The van der Waals surface area contributed by atoms with Crippen molar-refractivity contribution in [3.8, 4) is 0 Å². The molecule has 2 N–H and O–H groups in total. The van der Waals surface area contributed by atoms with Crippen molar-refractivity contribution < 1.29 is 9.59 Å². The SMILES string of the molecule is CC(=O)N/C(C=O)=C(/C)NCc1ccccc1. The fraction of sp³-hybridized carbons (Fsp3) is 0.231. The van der Waals surface area contributed by atoms with Crippen LogP contribution in [0.5, 0.6) is 0 Å². The van der Waals surface area contributed by atoms with Crippen LogP contribution in [0, 0.1) is 0 Å². The highest BCUT2D eigenvalue weighted by Gasteiger charge is 2.03. The van der Waals surface area contributed by atoms with Gasteiger partial charge in [0.05, 0.1) is 5.70 Å². The number of carbonyl (C=O) groups is 2. The number of hydrogen-bond acceptors (Lipinski definition) is 3. The van der Waals surface area contributed by atoms with Crippen molar-refractivity contribution in [1.82, 2.24) is 10.6 Å². The van der Waals surface area contributed by atoms with Crippen LogP contribution in [-0.2, 0) is 16.1 Å². The van der Waals surface area contributed by atoms with Crippen LogP contribution in [0.4, 0.5) is 0 Å². The van der Waals surface area contributed by atoms with E-state index < -0.39 is 0 Å². The van der Waals surface area contributed by atoms with E-state index in [4.69, 9.17) is 0 Å². The van der Waals surface area contributed by atoms with E-state index >= 15 is 0 Å². The van der Waals surface area contributed by atoms with Gasteiger partial charge in [-0.2, -0.15) is 0 Å². The standard InChI is InChI=1S/C13H16N2O2/c1-10(13(9-16)15-11(2)17)14-8-12-6-4-3-5-7-12/h3-7,9,14H,8H2,1-2H3,(H,15,17)/b13-10-. The maximum absolute atomic E-state index is 10.9. The Morgan fingerprint density at radius 1 is 1.24 bits per heavy atom. The summed E-state index contributed by atoms with van der Waals surface area (Å²) in [5, 5.41) is 5.56. The number of rotatable bonds is 5. The molecule has 0 saturated carbocycles. The molecule has 4 heteroatoms. The normalized spacial score (nSPS) is 11.4. The molecule has 0 atom stereocenters. The zero-order valence-corrected chi connectivity index (χ0v) is 9.99. The maximum Gasteiger partial charge on any atom is 0.221 e. The van der Waals surface area contributed by atoms with Gasteiger partial charge < -0.3 is 10.6 Å². The lowest BCUT2D eigenvalue weighted by molar-refractivity contribution is -0.119. The molecule has 0 spiro atoms. The molecule has 0 fully saturated rings. The number of amides is 1. The van der Waals surface area contributed by atoms with E-state index in [0.717, 1.165) is 5.56 Å². The third-order valence-electron chi connectivity index (χ3n) is 2.23. The zero-order valence-electron chi connectivity index (χ0n) is 9.99. The molecule has 0 aliphatic heterocycles. The average Bonchev–Trinajstić information content (AvgIpc) is 2.34. The summed E-state index contributed by atoms with van der Waals surface area (Å²) in [6, 6.07) is 9.81. The molecule has 1 aromatic rings. The number of aldehydes is 1. The minimum absolute atomic E-state index is 0.257. The van der Waals surface area contributed by atoms with E-state index in [9.17, 15) is 9.59 Å². The molecule has 4 nitrogen and oxygen atoms in total. The third-order valence-corrected chi connectivity index (χ3v) is 2.23. The zero-order chi connectivity index (χ0) is 12.7. The maximum atomic E-state index is 10.9. The Morgan fingerprint density at radius 2 is 1.88 bits per heavy atom.